The molecule has 0 bridgehead atoms. The summed E-state index contributed by atoms with van der Waals surface area (Å²) in [4.78, 5) is 19.3. The highest BCUT2D eigenvalue weighted by molar-refractivity contribution is 5.90. The molecule has 1 aromatic heterocycles. The van der Waals surface area contributed by atoms with Crippen LogP contribution in [0, 0.1) is 34.6 Å². The second kappa shape index (κ2) is 6.13. The van der Waals surface area contributed by atoms with Crippen molar-refractivity contribution in [3.8, 4) is 0 Å². The molecule has 22 heavy (non-hydrogen) atoms. The van der Waals surface area contributed by atoms with Crippen molar-refractivity contribution in [1.82, 2.24) is 9.97 Å². The summed E-state index contributed by atoms with van der Waals surface area (Å²) in [5.74, 6) is -0.0310. The Labute approximate surface area is 131 Å². The van der Waals surface area contributed by atoms with E-state index in [4.69, 9.17) is 5.73 Å². The number of primary amides is 1. The van der Waals surface area contributed by atoms with Crippen molar-refractivity contribution in [3.63, 3.8) is 0 Å². The first kappa shape index (κ1) is 15.9. The summed E-state index contributed by atoms with van der Waals surface area (Å²) in [7, 11) is 0. The standard InChI is InChI=1S/C17H22N4O/c1-9-10(2)12(4)14(13(5)11(9)3)6-20-16-8-19-7-15(21-16)17(18)22/h7-8H,6H2,1-5H3,(H2,18,22)(H,20,21). The van der Waals surface area contributed by atoms with E-state index in [0.717, 1.165) is 0 Å². The molecule has 3 N–H and O–H groups in total. The predicted octanol–water partition coefficient (Wildman–Crippen LogP) is 2.73. The SMILES string of the molecule is Cc1c(C)c(C)c(CNc2cncc(C(N)=O)n2)c(C)c1C. The van der Waals surface area contributed by atoms with E-state index in [9.17, 15) is 4.79 Å². The first-order chi connectivity index (χ1) is 10.3. The molecule has 0 saturated carbocycles. The molecule has 1 aromatic carbocycles. The van der Waals surface area contributed by atoms with Crippen LogP contribution in [0.25, 0.3) is 0 Å². The Morgan fingerprint density at radius 1 is 1.00 bits per heavy atom. The Morgan fingerprint density at radius 2 is 1.55 bits per heavy atom. The maximum atomic E-state index is 11.2. The molecule has 5 nitrogen and oxygen atoms in total. The Morgan fingerprint density at radius 3 is 2.09 bits per heavy atom. The van der Waals surface area contributed by atoms with Gasteiger partial charge >= 0.3 is 0 Å². The van der Waals surface area contributed by atoms with E-state index >= 15 is 0 Å². The van der Waals surface area contributed by atoms with Crippen LogP contribution in [0.5, 0.6) is 0 Å². The minimum absolute atomic E-state index is 0.162. The summed E-state index contributed by atoms with van der Waals surface area (Å²) in [6.45, 7) is 11.4. The molecule has 5 heteroatoms. The van der Waals surface area contributed by atoms with Gasteiger partial charge in [-0.05, 0) is 68.0 Å². The smallest absolute Gasteiger partial charge is 0.268 e. The molecule has 2 aromatic rings. The lowest BCUT2D eigenvalue weighted by Gasteiger charge is -2.19. The number of hydrogen-bond acceptors (Lipinski definition) is 4. The summed E-state index contributed by atoms with van der Waals surface area (Å²) in [6.07, 6.45) is 2.95. The lowest BCUT2D eigenvalue weighted by molar-refractivity contribution is 0.0995. The number of hydrogen-bond donors (Lipinski definition) is 2. The summed E-state index contributed by atoms with van der Waals surface area (Å²) in [5, 5.41) is 3.23. The van der Waals surface area contributed by atoms with E-state index in [-0.39, 0.29) is 5.69 Å². The molecule has 0 fully saturated rings. The number of rotatable bonds is 4. The maximum Gasteiger partial charge on any atom is 0.268 e. The third kappa shape index (κ3) is 2.93. The van der Waals surface area contributed by atoms with Crippen molar-refractivity contribution in [1.29, 1.82) is 0 Å². The van der Waals surface area contributed by atoms with Gasteiger partial charge in [-0.25, -0.2) is 4.98 Å². The van der Waals surface area contributed by atoms with Crippen molar-refractivity contribution in [2.45, 2.75) is 41.2 Å². The van der Waals surface area contributed by atoms with Crippen molar-refractivity contribution in [2.24, 2.45) is 5.73 Å². The van der Waals surface area contributed by atoms with Crippen LogP contribution in [-0.2, 0) is 6.54 Å². The topological polar surface area (TPSA) is 80.9 Å². The van der Waals surface area contributed by atoms with Gasteiger partial charge in [0.05, 0.1) is 12.4 Å². The molecule has 0 aliphatic heterocycles. The molecule has 1 heterocycles. The summed E-state index contributed by atoms with van der Waals surface area (Å²) < 4.78 is 0. The van der Waals surface area contributed by atoms with Crippen LogP contribution in [-0.4, -0.2) is 15.9 Å². The number of aromatic nitrogens is 2. The number of amides is 1. The number of nitrogens with two attached hydrogens (primary N) is 1. The summed E-state index contributed by atoms with van der Waals surface area (Å²) >= 11 is 0. The van der Waals surface area contributed by atoms with Gasteiger partial charge in [0.1, 0.15) is 11.5 Å². The zero-order valence-electron chi connectivity index (χ0n) is 13.7. The molecule has 0 spiro atoms. The van der Waals surface area contributed by atoms with E-state index in [1.54, 1.807) is 6.20 Å². The number of nitrogens with one attached hydrogen (secondary N) is 1. The third-order valence-electron chi connectivity index (χ3n) is 4.49. The van der Waals surface area contributed by atoms with Crippen molar-refractivity contribution < 1.29 is 4.79 Å². The maximum absolute atomic E-state index is 11.2. The molecular weight excluding hydrogens is 276 g/mol. The van der Waals surface area contributed by atoms with Crippen molar-refractivity contribution >= 4 is 11.7 Å². The summed E-state index contributed by atoms with van der Waals surface area (Å²) in [5.41, 5.74) is 13.2. The molecule has 0 unspecified atom stereocenters. The van der Waals surface area contributed by atoms with E-state index < -0.39 is 5.91 Å². The van der Waals surface area contributed by atoms with Crippen molar-refractivity contribution in [2.75, 3.05) is 5.32 Å². The van der Waals surface area contributed by atoms with Gasteiger partial charge < -0.3 is 11.1 Å². The normalized spacial score (nSPS) is 10.6. The lowest BCUT2D eigenvalue weighted by atomic mass is 9.89. The largest absolute Gasteiger partial charge is 0.365 e. The fourth-order valence-corrected chi connectivity index (χ4v) is 2.59. The van der Waals surface area contributed by atoms with Gasteiger partial charge in [-0.2, -0.15) is 0 Å². The van der Waals surface area contributed by atoms with Gasteiger partial charge in [0, 0.05) is 6.54 Å². The molecule has 116 valence electrons. The number of carbonyl (C=O) groups excluding carboxylic acids is 1. The Hall–Kier alpha value is -2.43. The van der Waals surface area contributed by atoms with Crippen LogP contribution < -0.4 is 11.1 Å². The average molecular weight is 298 g/mol. The van der Waals surface area contributed by atoms with Gasteiger partial charge in [-0.1, -0.05) is 0 Å². The number of carbonyl (C=O) groups is 1. The van der Waals surface area contributed by atoms with Gasteiger partial charge in [0.25, 0.3) is 5.91 Å². The van der Waals surface area contributed by atoms with Crippen LogP contribution >= 0.6 is 0 Å². The monoisotopic (exact) mass is 298 g/mol. The molecule has 0 radical (unpaired) electrons. The highest BCUT2D eigenvalue weighted by Gasteiger charge is 2.12. The van der Waals surface area contributed by atoms with Crippen LogP contribution in [0.3, 0.4) is 0 Å². The zero-order valence-corrected chi connectivity index (χ0v) is 13.7. The first-order valence-electron chi connectivity index (χ1n) is 7.24. The predicted molar refractivity (Wildman–Crippen MR) is 88.0 cm³/mol. The Bertz CT molecular complexity index is 709. The van der Waals surface area contributed by atoms with Crippen molar-refractivity contribution in [3.05, 3.63) is 51.5 Å². The van der Waals surface area contributed by atoms with Gasteiger partial charge in [-0.15, -0.1) is 0 Å². The number of anilines is 1. The van der Waals surface area contributed by atoms with Gasteiger partial charge in [-0.3, -0.25) is 9.78 Å². The Balaban J connectivity index is 2.29. The van der Waals surface area contributed by atoms with Gasteiger partial charge in [0.15, 0.2) is 0 Å². The molecule has 0 aliphatic rings. The van der Waals surface area contributed by atoms with Crippen LogP contribution in [0.4, 0.5) is 5.82 Å². The quantitative estimate of drug-likeness (QED) is 0.909. The fraction of sp³-hybridized carbons (Fsp3) is 0.353. The molecule has 0 aliphatic carbocycles. The second-order valence-electron chi connectivity index (χ2n) is 5.61. The highest BCUT2D eigenvalue weighted by Crippen LogP contribution is 2.26. The number of nitrogens with zero attached hydrogens (tertiary/aromatic N) is 2. The van der Waals surface area contributed by atoms with Crippen LogP contribution in [0.15, 0.2) is 12.4 Å². The Kier molecular flexibility index (Phi) is 4.45. The third-order valence-corrected chi connectivity index (χ3v) is 4.49. The molecule has 2 rings (SSSR count). The van der Waals surface area contributed by atoms with Gasteiger partial charge in [0.2, 0.25) is 0 Å². The van der Waals surface area contributed by atoms with Crippen LogP contribution in [0.2, 0.25) is 0 Å². The highest BCUT2D eigenvalue weighted by atomic mass is 16.1. The number of benzene rings is 1. The minimum Gasteiger partial charge on any atom is -0.365 e. The summed E-state index contributed by atoms with van der Waals surface area (Å²) in [6, 6.07) is 0. The van der Waals surface area contributed by atoms with E-state index in [1.807, 2.05) is 0 Å². The molecule has 1 amide bonds. The average Bonchev–Trinajstić information content (AvgIpc) is 2.51. The molecule has 0 saturated heterocycles. The lowest BCUT2D eigenvalue weighted by Crippen LogP contribution is -2.15. The fourth-order valence-electron chi connectivity index (χ4n) is 2.59. The second-order valence-corrected chi connectivity index (χ2v) is 5.61. The van der Waals surface area contributed by atoms with Crippen LogP contribution in [0.1, 0.15) is 43.9 Å². The van der Waals surface area contributed by atoms with E-state index in [0.29, 0.717) is 12.4 Å². The first-order valence-corrected chi connectivity index (χ1v) is 7.24. The molecule has 0 atom stereocenters. The zero-order chi connectivity index (χ0) is 16.4. The molecular formula is C17H22N4O. The van der Waals surface area contributed by atoms with E-state index in [1.165, 1.54) is 39.6 Å². The van der Waals surface area contributed by atoms with E-state index in [2.05, 4.69) is 49.9 Å². The minimum atomic E-state index is -0.578.